The van der Waals surface area contributed by atoms with Crippen LogP contribution in [-0.2, 0) is 4.79 Å². The summed E-state index contributed by atoms with van der Waals surface area (Å²) in [5.41, 5.74) is 4.94. The molecule has 0 aliphatic heterocycles. The average molecular weight is 455 g/mol. The summed E-state index contributed by atoms with van der Waals surface area (Å²) >= 11 is 1.44. The van der Waals surface area contributed by atoms with Crippen LogP contribution in [0.2, 0.25) is 0 Å². The van der Waals surface area contributed by atoms with Gasteiger partial charge in [-0.2, -0.15) is 0 Å². The van der Waals surface area contributed by atoms with Gasteiger partial charge in [0, 0.05) is 17.3 Å². The van der Waals surface area contributed by atoms with Gasteiger partial charge in [0.05, 0.1) is 0 Å². The first kappa shape index (κ1) is 21.5. The first-order valence-electron chi connectivity index (χ1n) is 11.2. The van der Waals surface area contributed by atoms with E-state index in [2.05, 4.69) is 38.3 Å². The molecule has 0 unspecified atom stereocenters. The van der Waals surface area contributed by atoms with Gasteiger partial charge in [-0.1, -0.05) is 72.4 Å². The van der Waals surface area contributed by atoms with Crippen LogP contribution in [0.25, 0.3) is 5.69 Å². The van der Waals surface area contributed by atoms with E-state index in [1.165, 1.54) is 11.8 Å². The maximum absolute atomic E-state index is 13.6. The molecule has 5 nitrogen and oxygen atoms in total. The Morgan fingerprint density at radius 2 is 1.67 bits per heavy atom. The molecule has 4 aromatic rings. The second-order valence-corrected chi connectivity index (χ2v) is 9.57. The first-order chi connectivity index (χ1) is 16.1. The summed E-state index contributed by atoms with van der Waals surface area (Å²) in [6.45, 7) is 4.04. The van der Waals surface area contributed by atoms with E-state index < -0.39 is 5.25 Å². The van der Waals surface area contributed by atoms with Crippen LogP contribution in [0.15, 0.2) is 84.0 Å². The zero-order valence-electron chi connectivity index (χ0n) is 18.7. The van der Waals surface area contributed by atoms with Crippen molar-refractivity contribution in [2.24, 2.45) is 0 Å². The molecule has 1 aromatic heterocycles. The van der Waals surface area contributed by atoms with E-state index in [0.717, 1.165) is 51.9 Å². The number of anilines is 1. The predicted molar refractivity (Wildman–Crippen MR) is 133 cm³/mol. The number of aromatic nitrogens is 3. The molecule has 0 saturated heterocycles. The molecule has 33 heavy (non-hydrogen) atoms. The summed E-state index contributed by atoms with van der Waals surface area (Å²) in [5, 5.41) is 12.5. The normalized spacial score (nSPS) is 14.1. The number of nitrogens with zero attached hydrogens (tertiary/aromatic N) is 3. The molecule has 5 rings (SSSR count). The van der Waals surface area contributed by atoms with Gasteiger partial charge >= 0.3 is 0 Å². The molecule has 3 aromatic carbocycles. The Kier molecular flexibility index (Phi) is 6.01. The van der Waals surface area contributed by atoms with Gasteiger partial charge in [-0.3, -0.25) is 9.36 Å². The number of thioether (sulfide) groups is 1. The molecule has 0 bridgehead atoms. The van der Waals surface area contributed by atoms with Crippen LogP contribution in [0, 0.1) is 13.8 Å². The van der Waals surface area contributed by atoms with Crippen molar-refractivity contribution in [3.05, 3.63) is 101 Å². The standard InChI is InChI=1S/C27H26N4OS/c1-18-13-14-19(2)23(17-18)28-26(32)24(20-9-5-3-6-10-20)33-27-30-29-25(21-15-16-21)31(27)22-11-7-4-8-12-22/h3-14,17,21,24H,15-16H2,1-2H3,(H,28,32)/t24-/m1/s1. The Labute approximate surface area is 198 Å². The third-order valence-corrected chi connectivity index (χ3v) is 7.03. The molecule has 1 atom stereocenters. The largest absolute Gasteiger partial charge is 0.325 e. The van der Waals surface area contributed by atoms with Crippen LogP contribution in [0.5, 0.6) is 0 Å². The molecule has 1 N–H and O–H groups in total. The third-order valence-electron chi connectivity index (χ3n) is 5.83. The Bertz CT molecular complexity index is 1270. The zero-order valence-corrected chi connectivity index (χ0v) is 19.5. The first-order valence-corrected chi connectivity index (χ1v) is 12.1. The summed E-state index contributed by atoms with van der Waals surface area (Å²) in [6, 6.07) is 26.1. The van der Waals surface area contributed by atoms with Crippen LogP contribution < -0.4 is 5.32 Å². The number of nitrogens with one attached hydrogen (secondary N) is 1. The maximum Gasteiger partial charge on any atom is 0.242 e. The second-order valence-electron chi connectivity index (χ2n) is 8.50. The van der Waals surface area contributed by atoms with E-state index in [1.54, 1.807) is 0 Å². The molecule has 1 fully saturated rings. The van der Waals surface area contributed by atoms with Gasteiger partial charge in [-0.25, -0.2) is 0 Å². The highest BCUT2D eigenvalue weighted by molar-refractivity contribution is 8.00. The average Bonchev–Trinajstić information content (AvgIpc) is 3.60. The fourth-order valence-corrected chi connectivity index (χ4v) is 4.92. The third kappa shape index (κ3) is 4.71. The monoisotopic (exact) mass is 454 g/mol. The molecular weight excluding hydrogens is 428 g/mol. The Morgan fingerprint density at radius 3 is 2.36 bits per heavy atom. The van der Waals surface area contributed by atoms with E-state index in [-0.39, 0.29) is 5.91 Å². The number of carbonyl (C=O) groups excluding carboxylic acids is 1. The minimum Gasteiger partial charge on any atom is -0.325 e. The van der Waals surface area contributed by atoms with E-state index in [9.17, 15) is 4.79 Å². The van der Waals surface area contributed by atoms with Crippen molar-refractivity contribution in [2.75, 3.05) is 5.32 Å². The lowest BCUT2D eigenvalue weighted by Crippen LogP contribution is -2.20. The summed E-state index contributed by atoms with van der Waals surface area (Å²) in [6.07, 6.45) is 2.26. The highest BCUT2D eigenvalue weighted by Crippen LogP contribution is 2.43. The van der Waals surface area contributed by atoms with E-state index >= 15 is 0 Å². The minimum atomic E-state index is -0.468. The number of carbonyl (C=O) groups is 1. The number of rotatable bonds is 7. The van der Waals surface area contributed by atoms with Gasteiger partial charge in [0.2, 0.25) is 5.91 Å². The Hall–Kier alpha value is -3.38. The summed E-state index contributed by atoms with van der Waals surface area (Å²) in [4.78, 5) is 13.6. The van der Waals surface area contributed by atoms with Crippen LogP contribution in [-0.4, -0.2) is 20.7 Å². The molecule has 1 heterocycles. The number of hydrogen-bond donors (Lipinski definition) is 1. The zero-order chi connectivity index (χ0) is 22.8. The van der Waals surface area contributed by atoms with Crippen molar-refractivity contribution >= 4 is 23.4 Å². The van der Waals surface area contributed by atoms with Gasteiger partial charge < -0.3 is 5.32 Å². The Balaban J connectivity index is 1.51. The highest BCUT2D eigenvalue weighted by Gasteiger charge is 2.33. The van der Waals surface area contributed by atoms with Crippen LogP contribution in [0.3, 0.4) is 0 Å². The maximum atomic E-state index is 13.6. The number of para-hydroxylation sites is 1. The molecule has 0 spiro atoms. The number of aryl methyl sites for hydroxylation is 2. The van der Waals surface area contributed by atoms with Crippen LogP contribution in [0.1, 0.15) is 46.5 Å². The quantitative estimate of drug-likeness (QED) is 0.336. The minimum absolute atomic E-state index is 0.0736. The lowest BCUT2D eigenvalue weighted by atomic mass is 10.1. The van der Waals surface area contributed by atoms with Crippen molar-refractivity contribution in [1.82, 2.24) is 14.8 Å². The topological polar surface area (TPSA) is 59.8 Å². The van der Waals surface area contributed by atoms with E-state index in [1.807, 2.05) is 74.5 Å². The number of amides is 1. The molecule has 0 radical (unpaired) electrons. The van der Waals surface area contributed by atoms with E-state index in [4.69, 9.17) is 0 Å². The fraction of sp³-hybridized carbons (Fsp3) is 0.222. The number of hydrogen-bond acceptors (Lipinski definition) is 4. The van der Waals surface area contributed by atoms with Gasteiger partial charge in [-0.05, 0) is 61.6 Å². The Morgan fingerprint density at radius 1 is 0.970 bits per heavy atom. The fourth-order valence-electron chi connectivity index (χ4n) is 3.86. The second kappa shape index (κ2) is 9.24. The SMILES string of the molecule is Cc1ccc(C)c(NC(=O)[C@H](Sc2nnc(C3CC3)n2-c2ccccc2)c2ccccc2)c1. The molecule has 1 aliphatic rings. The summed E-state index contributed by atoms with van der Waals surface area (Å²) in [5.74, 6) is 1.34. The smallest absolute Gasteiger partial charge is 0.242 e. The van der Waals surface area contributed by atoms with Gasteiger partial charge in [0.1, 0.15) is 11.1 Å². The van der Waals surface area contributed by atoms with Crippen molar-refractivity contribution in [1.29, 1.82) is 0 Å². The summed E-state index contributed by atoms with van der Waals surface area (Å²) in [7, 11) is 0. The summed E-state index contributed by atoms with van der Waals surface area (Å²) < 4.78 is 2.11. The van der Waals surface area contributed by atoms with Crippen LogP contribution in [0.4, 0.5) is 5.69 Å². The van der Waals surface area contributed by atoms with Crippen LogP contribution >= 0.6 is 11.8 Å². The van der Waals surface area contributed by atoms with Gasteiger partial charge in [0.15, 0.2) is 5.16 Å². The van der Waals surface area contributed by atoms with Crippen molar-refractivity contribution < 1.29 is 4.79 Å². The lowest BCUT2D eigenvalue weighted by molar-refractivity contribution is -0.115. The molecule has 166 valence electrons. The molecule has 1 amide bonds. The molecular formula is C27H26N4OS. The number of benzene rings is 3. The van der Waals surface area contributed by atoms with Crippen molar-refractivity contribution in [3.63, 3.8) is 0 Å². The van der Waals surface area contributed by atoms with Crippen molar-refractivity contribution in [2.45, 2.75) is 43.0 Å². The van der Waals surface area contributed by atoms with Gasteiger partial charge in [-0.15, -0.1) is 10.2 Å². The lowest BCUT2D eigenvalue weighted by Gasteiger charge is -2.18. The van der Waals surface area contributed by atoms with Crippen molar-refractivity contribution in [3.8, 4) is 5.69 Å². The highest BCUT2D eigenvalue weighted by atomic mass is 32.2. The molecule has 1 saturated carbocycles. The molecule has 1 aliphatic carbocycles. The van der Waals surface area contributed by atoms with E-state index in [0.29, 0.717) is 5.92 Å². The van der Waals surface area contributed by atoms with Gasteiger partial charge in [0.25, 0.3) is 0 Å². The predicted octanol–water partition coefficient (Wildman–Crippen LogP) is 6.23. The molecule has 6 heteroatoms.